The van der Waals surface area contributed by atoms with E-state index in [0.29, 0.717) is 6.42 Å². The Labute approximate surface area is 291 Å². The highest BCUT2D eigenvalue weighted by Crippen LogP contribution is 2.39. The molecular weight excluding hydrogens is 656 g/mol. The van der Waals surface area contributed by atoms with Gasteiger partial charge >= 0.3 is 5.97 Å². The van der Waals surface area contributed by atoms with Gasteiger partial charge in [-0.25, -0.2) is 4.79 Å². The van der Waals surface area contributed by atoms with Crippen LogP contribution in [0.2, 0.25) is 0 Å². The molecule has 8 N–H and O–H groups in total. The third-order valence-electron chi connectivity index (χ3n) is 8.94. The Kier molecular flexibility index (Phi) is 14.1. The molecule has 0 aromatic heterocycles. The molecule has 7 unspecified atom stereocenters. The zero-order chi connectivity index (χ0) is 36.6. The Morgan fingerprint density at radius 1 is 0.940 bits per heavy atom. The van der Waals surface area contributed by atoms with E-state index in [-0.39, 0.29) is 25.4 Å². The van der Waals surface area contributed by atoms with E-state index in [0.717, 1.165) is 0 Å². The summed E-state index contributed by atoms with van der Waals surface area (Å²) in [5.74, 6) is -5.25. The van der Waals surface area contributed by atoms with Crippen molar-refractivity contribution < 1.29 is 63.6 Å². The second-order valence-electron chi connectivity index (χ2n) is 13.3. The molecule has 50 heavy (non-hydrogen) atoms. The Hall–Kier alpha value is -3.25. The number of nitrogens with one attached hydrogen (secondary N) is 1. The van der Waals surface area contributed by atoms with Crippen molar-refractivity contribution in [1.82, 2.24) is 5.32 Å². The van der Waals surface area contributed by atoms with E-state index in [9.17, 15) is 39.9 Å². The van der Waals surface area contributed by atoms with Crippen molar-refractivity contribution in [2.75, 3.05) is 0 Å². The van der Waals surface area contributed by atoms with E-state index in [1.54, 1.807) is 62.5 Å². The van der Waals surface area contributed by atoms with Crippen LogP contribution in [-0.2, 0) is 38.1 Å². The number of nitrogens with two attached hydrogens (primary N) is 1. The Bertz CT molecular complexity index is 1330. The van der Waals surface area contributed by atoms with Gasteiger partial charge in [-0.1, -0.05) is 48.6 Å². The lowest BCUT2D eigenvalue weighted by Crippen LogP contribution is -2.64. The van der Waals surface area contributed by atoms with Crippen LogP contribution in [-0.4, -0.2) is 122 Å². The number of allylic oxidation sites excluding steroid dienone is 6. The minimum atomic E-state index is -2.08. The normalized spacial score (nSPS) is 45.0. The SMILES string of the molecule is CC(=O)N[C@@H]1[C@H](O)[C@H](OC2/C=C/C=C/C=C/C=C\CC(C)OC(=O)/C=C\[C@H]3O[C@H]3CC(O)CC3(O)CC(O)C(C(N)=O)C(C2)O3)O[C@H](C)[C@H]1O. The smallest absolute Gasteiger partial charge is 0.330 e. The van der Waals surface area contributed by atoms with Crippen LogP contribution in [0.15, 0.2) is 60.8 Å². The first-order valence-corrected chi connectivity index (χ1v) is 16.9. The minimum Gasteiger partial charge on any atom is -0.459 e. The maximum Gasteiger partial charge on any atom is 0.330 e. The van der Waals surface area contributed by atoms with Gasteiger partial charge in [0.25, 0.3) is 0 Å². The van der Waals surface area contributed by atoms with Gasteiger partial charge in [0.2, 0.25) is 11.8 Å². The third-order valence-corrected chi connectivity index (χ3v) is 8.94. The molecule has 2 amide bonds. The summed E-state index contributed by atoms with van der Waals surface area (Å²) < 4.78 is 28.9. The quantitative estimate of drug-likeness (QED) is 0.147. The van der Waals surface area contributed by atoms with E-state index in [2.05, 4.69) is 5.32 Å². The number of hydrogen-bond acceptors (Lipinski definition) is 13. The lowest BCUT2D eigenvalue weighted by Gasteiger charge is -2.45. The number of carbonyl (C=O) groups excluding carboxylic acids is 3. The van der Waals surface area contributed by atoms with Gasteiger partial charge in [-0.3, -0.25) is 9.59 Å². The summed E-state index contributed by atoms with van der Waals surface area (Å²) in [7, 11) is 0. The largest absolute Gasteiger partial charge is 0.459 e. The van der Waals surface area contributed by atoms with Crippen molar-refractivity contribution >= 4 is 17.8 Å². The number of esters is 1. The number of ether oxygens (including phenoxy) is 5. The summed E-state index contributed by atoms with van der Waals surface area (Å²) in [6, 6.07) is -1.11. The lowest BCUT2D eigenvalue weighted by atomic mass is 9.82. The minimum absolute atomic E-state index is 0.0850. The van der Waals surface area contributed by atoms with Crippen molar-refractivity contribution in [2.45, 2.75) is 132 Å². The van der Waals surface area contributed by atoms with E-state index in [1.165, 1.54) is 13.0 Å². The highest BCUT2D eigenvalue weighted by molar-refractivity contribution is 5.82. The highest BCUT2D eigenvalue weighted by atomic mass is 16.7. The molecule has 15 heteroatoms. The molecule has 0 aliphatic carbocycles. The van der Waals surface area contributed by atoms with E-state index >= 15 is 0 Å². The second-order valence-corrected chi connectivity index (χ2v) is 13.3. The monoisotopic (exact) mass is 706 g/mol. The molecule has 2 bridgehead atoms. The summed E-state index contributed by atoms with van der Waals surface area (Å²) >= 11 is 0. The molecule has 4 aliphatic heterocycles. The van der Waals surface area contributed by atoms with Crippen LogP contribution in [0.4, 0.5) is 0 Å². The van der Waals surface area contributed by atoms with Crippen LogP contribution >= 0.6 is 0 Å². The Morgan fingerprint density at radius 2 is 1.64 bits per heavy atom. The molecule has 3 fully saturated rings. The van der Waals surface area contributed by atoms with E-state index in [4.69, 9.17) is 29.4 Å². The number of hydrogen-bond donors (Lipinski definition) is 7. The zero-order valence-corrected chi connectivity index (χ0v) is 28.4. The Morgan fingerprint density at radius 3 is 2.34 bits per heavy atom. The standard InChI is InChI=1S/C35H50N2O13/c1-19-11-9-7-5-4-6-8-10-12-23(48-34-32(43)30(37-21(3)38)31(42)20(2)47-34)16-27-29(33(36)44)24(40)18-35(45,50-27)17-22(39)15-26-25(49-26)13-14-28(41)46-19/h4-10,12-14,19-20,22-27,29-32,34,39-40,42-43,45H,11,15-18H2,1-3H3,(H2,36,44)(H,37,38)/b5-4+,8-6+,9-7-,12-10+,14-13-/t19?,20-,22?,23?,24?,25-,26+,27?,29?,30+,31-,32+,34+,35?/m1/s1. The number of aliphatic hydroxyl groups excluding tert-OH is 4. The fourth-order valence-electron chi connectivity index (χ4n) is 6.43. The summed E-state index contributed by atoms with van der Waals surface area (Å²) in [6.07, 6.45) is 5.26. The van der Waals surface area contributed by atoms with Gasteiger partial charge in [-0.15, -0.1) is 0 Å². The van der Waals surface area contributed by atoms with Crippen LogP contribution in [0.25, 0.3) is 0 Å². The number of fused-ring (bicyclic) bond motifs is 3. The van der Waals surface area contributed by atoms with Gasteiger partial charge < -0.3 is 60.3 Å². The number of cyclic esters (lactones) is 1. The Balaban J connectivity index is 1.60. The van der Waals surface area contributed by atoms with Crippen LogP contribution < -0.4 is 11.1 Å². The predicted molar refractivity (Wildman–Crippen MR) is 176 cm³/mol. The molecule has 0 spiro atoms. The van der Waals surface area contributed by atoms with Crippen molar-refractivity contribution in [2.24, 2.45) is 11.7 Å². The van der Waals surface area contributed by atoms with Gasteiger partial charge in [0.1, 0.15) is 24.4 Å². The molecule has 4 rings (SSSR count). The second kappa shape index (κ2) is 17.8. The lowest BCUT2D eigenvalue weighted by molar-refractivity contribution is -0.307. The molecule has 0 radical (unpaired) electrons. The molecule has 4 aliphatic rings. The van der Waals surface area contributed by atoms with Gasteiger partial charge in [0.05, 0.1) is 48.6 Å². The maximum atomic E-state index is 12.6. The number of amides is 2. The van der Waals surface area contributed by atoms with E-state index in [1.807, 2.05) is 6.08 Å². The molecular formula is C35H50N2O13. The number of rotatable bonds is 4. The first-order valence-electron chi connectivity index (χ1n) is 16.9. The van der Waals surface area contributed by atoms with Crippen LogP contribution in [0.5, 0.6) is 0 Å². The first kappa shape index (κ1) is 39.5. The molecule has 14 atom stereocenters. The summed E-state index contributed by atoms with van der Waals surface area (Å²) in [4.78, 5) is 36.6. The predicted octanol–water partition coefficient (Wildman–Crippen LogP) is -0.302. The molecule has 0 saturated carbocycles. The molecule has 15 nitrogen and oxygen atoms in total. The first-order chi connectivity index (χ1) is 23.7. The van der Waals surface area contributed by atoms with Crippen molar-refractivity contribution in [3.63, 3.8) is 0 Å². The number of carbonyl (C=O) groups is 3. The summed E-state index contributed by atoms with van der Waals surface area (Å²) in [5.41, 5.74) is 5.68. The van der Waals surface area contributed by atoms with Gasteiger partial charge in [0, 0.05) is 45.1 Å². The number of primary amides is 1. The molecule has 0 aromatic carbocycles. The zero-order valence-electron chi connectivity index (χ0n) is 28.4. The van der Waals surface area contributed by atoms with Gasteiger partial charge in [0.15, 0.2) is 12.1 Å². The number of aliphatic hydroxyl groups is 5. The maximum absolute atomic E-state index is 12.6. The van der Waals surface area contributed by atoms with Crippen LogP contribution in [0.3, 0.4) is 0 Å². The topological polar surface area (TPSA) is 240 Å². The van der Waals surface area contributed by atoms with Gasteiger partial charge in [-0.2, -0.15) is 0 Å². The van der Waals surface area contributed by atoms with Crippen LogP contribution in [0.1, 0.15) is 52.9 Å². The molecule has 278 valence electrons. The van der Waals surface area contributed by atoms with Crippen LogP contribution in [0, 0.1) is 5.92 Å². The fourth-order valence-corrected chi connectivity index (χ4v) is 6.43. The fraction of sp³-hybridized carbons (Fsp3) is 0.629. The van der Waals surface area contributed by atoms with E-state index < -0.39 is 103 Å². The van der Waals surface area contributed by atoms with Crippen molar-refractivity contribution in [3.05, 3.63) is 60.8 Å². The highest BCUT2D eigenvalue weighted by Gasteiger charge is 2.51. The molecule has 0 aromatic rings. The third kappa shape index (κ3) is 11.4. The summed E-state index contributed by atoms with van der Waals surface area (Å²) in [5, 5.41) is 57.5. The molecule has 3 saturated heterocycles. The molecule has 4 heterocycles. The average Bonchev–Trinajstić information content (AvgIpc) is 3.75. The van der Waals surface area contributed by atoms with Gasteiger partial charge in [-0.05, 0) is 19.9 Å². The summed E-state index contributed by atoms with van der Waals surface area (Å²) in [6.45, 7) is 4.56. The average molecular weight is 707 g/mol. The number of epoxide rings is 1. The van der Waals surface area contributed by atoms with Crippen molar-refractivity contribution in [3.8, 4) is 0 Å². The van der Waals surface area contributed by atoms with Crippen molar-refractivity contribution in [1.29, 1.82) is 0 Å².